The van der Waals surface area contributed by atoms with Gasteiger partial charge >= 0.3 is 5.97 Å². The Morgan fingerprint density at radius 2 is 1.87 bits per heavy atom. The van der Waals surface area contributed by atoms with Crippen LogP contribution in [0.3, 0.4) is 0 Å². The molecule has 1 N–H and O–H groups in total. The fraction of sp³-hybridized carbons (Fsp3) is 0.562. The Balaban J connectivity index is 1.82. The van der Waals surface area contributed by atoms with Crippen LogP contribution in [0.5, 0.6) is 5.75 Å². The van der Waals surface area contributed by atoms with E-state index >= 15 is 0 Å². The minimum Gasteiger partial charge on any atom is -0.487 e. The molecule has 0 amide bonds. The molecule has 0 spiro atoms. The average Bonchev–Trinajstić information content (AvgIpc) is 2.48. The Morgan fingerprint density at radius 1 is 1.22 bits per heavy atom. The van der Waals surface area contributed by atoms with Crippen LogP contribution in [0.15, 0.2) is 22.7 Å². The Kier molecular flexibility index (Phi) is 4.44. The molecule has 0 unspecified atom stereocenters. The molecule has 1 heterocycles. The lowest BCUT2D eigenvalue weighted by Gasteiger charge is -2.34. The van der Waals surface area contributed by atoms with E-state index in [1.54, 1.807) is 12.1 Å². The summed E-state index contributed by atoms with van der Waals surface area (Å²) >= 11 is 3.43. The van der Waals surface area contributed by atoms with E-state index in [0.717, 1.165) is 24.8 Å². The highest BCUT2D eigenvalue weighted by atomic mass is 79.9. The van der Waals surface area contributed by atoms with Crippen molar-refractivity contribution in [3.05, 3.63) is 28.2 Å². The average molecular weight is 403 g/mol. The van der Waals surface area contributed by atoms with Gasteiger partial charge in [-0.3, -0.25) is 4.79 Å². The van der Waals surface area contributed by atoms with Gasteiger partial charge in [0, 0.05) is 0 Å². The molecule has 2 fully saturated rings. The summed E-state index contributed by atoms with van der Waals surface area (Å²) in [5, 5.41) is 9.74. The molecule has 1 aromatic carbocycles. The molecule has 2 aliphatic rings. The monoisotopic (exact) mass is 402 g/mol. The Labute approximate surface area is 144 Å². The number of rotatable bonds is 4. The smallest absolute Gasteiger partial charge is 0.314 e. The zero-order valence-corrected chi connectivity index (χ0v) is 15.0. The van der Waals surface area contributed by atoms with Crippen LogP contribution in [0.25, 0.3) is 0 Å². The highest BCUT2D eigenvalue weighted by Gasteiger charge is 2.41. The van der Waals surface area contributed by atoms with Gasteiger partial charge in [-0.05, 0) is 46.5 Å². The van der Waals surface area contributed by atoms with Gasteiger partial charge in [0.1, 0.15) is 11.9 Å². The number of ether oxygens (including phenoxy) is 1. The van der Waals surface area contributed by atoms with Crippen LogP contribution in [0.2, 0.25) is 0 Å². The summed E-state index contributed by atoms with van der Waals surface area (Å²) in [6, 6.07) is 5.35. The third kappa shape index (κ3) is 3.26. The zero-order valence-electron chi connectivity index (χ0n) is 12.6. The van der Waals surface area contributed by atoms with Crippen molar-refractivity contribution in [2.75, 3.05) is 11.5 Å². The summed E-state index contributed by atoms with van der Waals surface area (Å²) in [7, 11) is -2.93. The molecule has 1 saturated carbocycles. The number of aliphatic carboxylic acids is 1. The van der Waals surface area contributed by atoms with Gasteiger partial charge in [0.15, 0.2) is 9.84 Å². The molecule has 0 radical (unpaired) electrons. The lowest BCUT2D eigenvalue weighted by molar-refractivity contribution is -0.145. The molecular weight excluding hydrogens is 384 g/mol. The highest BCUT2D eigenvalue weighted by molar-refractivity contribution is 9.10. The minimum absolute atomic E-state index is 0.0419. The van der Waals surface area contributed by atoms with E-state index in [4.69, 9.17) is 4.74 Å². The third-order valence-electron chi connectivity index (χ3n) is 4.77. The van der Waals surface area contributed by atoms with E-state index in [1.807, 2.05) is 6.07 Å². The molecule has 1 aliphatic heterocycles. The Morgan fingerprint density at radius 3 is 2.39 bits per heavy atom. The van der Waals surface area contributed by atoms with Crippen molar-refractivity contribution in [3.63, 3.8) is 0 Å². The maximum atomic E-state index is 11.9. The first-order valence-corrected chi connectivity index (χ1v) is 10.3. The van der Waals surface area contributed by atoms with Gasteiger partial charge in [0.05, 0.1) is 21.4 Å². The molecule has 1 saturated heterocycles. The predicted molar refractivity (Wildman–Crippen MR) is 89.6 cm³/mol. The van der Waals surface area contributed by atoms with Crippen molar-refractivity contribution in [1.82, 2.24) is 0 Å². The van der Waals surface area contributed by atoms with Crippen molar-refractivity contribution in [3.8, 4) is 5.75 Å². The second kappa shape index (κ2) is 6.09. The van der Waals surface area contributed by atoms with Gasteiger partial charge in [0.2, 0.25) is 0 Å². The van der Waals surface area contributed by atoms with Crippen molar-refractivity contribution in [2.24, 2.45) is 0 Å². The zero-order chi connectivity index (χ0) is 16.7. The van der Waals surface area contributed by atoms with Crippen LogP contribution in [-0.4, -0.2) is 37.1 Å². The van der Waals surface area contributed by atoms with Gasteiger partial charge in [0.25, 0.3) is 0 Å². The number of hydrogen-bond donors (Lipinski definition) is 1. The molecule has 5 nitrogen and oxygen atoms in total. The summed E-state index contributed by atoms with van der Waals surface area (Å²) in [6.45, 7) is 0. The molecule has 1 aliphatic carbocycles. The normalized spacial score (nSPS) is 23.0. The molecule has 0 atom stereocenters. The maximum absolute atomic E-state index is 11.9. The number of sulfone groups is 1. The number of carboxylic acid groups (broad SMARTS) is 1. The van der Waals surface area contributed by atoms with Crippen LogP contribution in [-0.2, 0) is 20.0 Å². The van der Waals surface area contributed by atoms with Crippen LogP contribution in [0, 0.1) is 0 Å². The summed E-state index contributed by atoms with van der Waals surface area (Å²) in [5.74, 6) is -0.131. The molecule has 0 aromatic heterocycles. The van der Waals surface area contributed by atoms with E-state index in [9.17, 15) is 18.3 Å². The van der Waals surface area contributed by atoms with Gasteiger partial charge in [-0.25, -0.2) is 8.42 Å². The maximum Gasteiger partial charge on any atom is 0.314 e. The second-order valence-corrected chi connectivity index (χ2v) is 9.42. The minimum atomic E-state index is -2.93. The van der Waals surface area contributed by atoms with E-state index in [2.05, 4.69) is 15.9 Å². The van der Waals surface area contributed by atoms with E-state index < -0.39 is 21.2 Å². The number of carbonyl (C=O) groups is 1. The fourth-order valence-electron chi connectivity index (χ4n) is 3.44. The van der Waals surface area contributed by atoms with Crippen molar-refractivity contribution in [1.29, 1.82) is 0 Å². The fourth-order valence-corrected chi connectivity index (χ4v) is 5.08. The van der Waals surface area contributed by atoms with Crippen LogP contribution >= 0.6 is 15.9 Å². The largest absolute Gasteiger partial charge is 0.487 e. The van der Waals surface area contributed by atoms with Crippen molar-refractivity contribution < 1.29 is 23.1 Å². The number of benzene rings is 1. The third-order valence-corrected chi connectivity index (χ3v) is 7.15. The number of hydrogen-bond acceptors (Lipinski definition) is 4. The lowest BCUT2D eigenvalue weighted by Crippen LogP contribution is -2.45. The molecule has 7 heteroatoms. The SMILES string of the molecule is O=C(O)C1(c2ccc(OC3CS(=O)(=O)C3)c(Br)c2)CCCCC1. The predicted octanol–water partition coefficient (Wildman–Crippen LogP) is 2.91. The van der Waals surface area contributed by atoms with Crippen LogP contribution in [0.1, 0.15) is 37.7 Å². The molecule has 1 aromatic rings. The van der Waals surface area contributed by atoms with Crippen molar-refractivity contribution >= 4 is 31.7 Å². The molecular formula is C16H19BrO5S. The first-order chi connectivity index (χ1) is 10.8. The first kappa shape index (κ1) is 16.8. The van der Waals surface area contributed by atoms with Gasteiger partial charge in [-0.2, -0.15) is 0 Å². The molecule has 0 bridgehead atoms. The topological polar surface area (TPSA) is 80.7 Å². The number of halogens is 1. The van der Waals surface area contributed by atoms with Crippen LogP contribution < -0.4 is 4.74 Å². The summed E-state index contributed by atoms with van der Waals surface area (Å²) in [6.07, 6.45) is 3.90. The second-order valence-electron chi connectivity index (χ2n) is 6.41. The first-order valence-electron chi connectivity index (χ1n) is 7.73. The lowest BCUT2D eigenvalue weighted by atomic mass is 9.69. The molecule has 23 heavy (non-hydrogen) atoms. The summed E-state index contributed by atoms with van der Waals surface area (Å²) in [5.41, 5.74) is -0.0378. The van der Waals surface area contributed by atoms with Crippen molar-refractivity contribution in [2.45, 2.75) is 43.6 Å². The van der Waals surface area contributed by atoms with Crippen LogP contribution in [0.4, 0.5) is 0 Å². The standard InChI is InChI=1S/C16H19BrO5S/c17-13-8-11(16(15(18)19)6-2-1-3-7-16)4-5-14(13)22-12-9-23(20,21)10-12/h4-5,8,12H,1-3,6-7,9-10H2,(H,18,19). The number of carboxylic acids is 1. The summed E-state index contributed by atoms with van der Waals surface area (Å²) in [4.78, 5) is 11.9. The van der Waals surface area contributed by atoms with E-state index in [0.29, 0.717) is 23.1 Å². The Bertz CT molecular complexity index is 710. The van der Waals surface area contributed by atoms with E-state index in [-0.39, 0.29) is 17.6 Å². The van der Waals surface area contributed by atoms with Gasteiger partial charge < -0.3 is 9.84 Å². The van der Waals surface area contributed by atoms with Gasteiger partial charge in [-0.15, -0.1) is 0 Å². The quantitative estimate of drug-likeness (QED) is 0.836. The Hall–Kier alpha value is -1.08. The molecule has 3 rings (SSSR count). The highest BCUT2D eigenvalue weighted by Crippen LogP contribution is 2.42. The van der Waals surface area contributed by atoms with E-state index in [1.165, 1.54) is 0 Å². The summed E-state index contributed by atoms with van der Waals surface area (Å²) < 4.78 is 28.7. The van der Waals surface area contributed by atoms with Gasteiger partial charge in [-0.1, -0.05) is 25.3 Å². The molecule has 126 valence electrons.